The SMILES string of the molecule is O=C(CC1CCN(C(=O)NC2CCCCC2)CC1)NCCc1ccccc1. The van der Waals surface area contributed by atoms with Crippen LogP contribution in [0, 0.1) is 5.92 Å². The number of carbonyl (C=O) groups is 2. The summed E-state index contributed by atoms with van der Waals surface area (Å²) >= 11 is 0. The van der Waals surface area contributed by atoms with E-state index >= 15 is 0 Å². The maximum absolute atomic E-state index is 12.4. The number of urea groups is 1. The van der Waals surface area contributed by atoms with E-state index in [1.54, 1.807) is 0 Å². The van der Waals surface area contributed by atoms with Crippen molar-refractivity contribution in [1.82, 2.24) is 15.5 Å². The Morgan fingerprint density at radius 1 is 0.963 bits per heavy atom. The molecule has 0 spiro atoms. The van der Waals surface area contributed by atoms with Crippen LogP contribution in [0.3, 0.4) is 0 Å². The molecule has 0 unspecified atom stereocenters. The van der Waals surface area contributed by atoms with Gasteiger partial charge in [-0.05, 0) is 43.6 Å². The molecule has 0 aromatic heterocycles. The summed E-state index contributed by atoms with van der Waals surface area (Å²) in [7, 11) is 0. The number of piperidine rings is 1. The lowest BCUT2D eigenvalue weighted by molar-refractivity contribution is -0.122. The number of nitrogens with one attached hydrogen (secondary N) is 2. The number of hydrogen-bond donors (Lipinski definition) is 2. The molecule has 1 saturated heterocycles. The highest BCUT2D eigenvalue weighted by Crippen LogP contribution is 2.22. The molecule has 148 valence electrons. The maximum atomic E-state index is 12.4. The molecule has 27 heavy (non-hydrogen) atoms. The molecular weight excluding hydrogens is 338 g/mol. The molecule has 2 N–H and O–H groups in total. The highest BCUT2D eigenvalue weighted by Gasteiger charge is 2.26. The fourth-order valence-corrected chi connectivity index (χ4v) is 4.18. The lowest BCUT2D eigenvalue weighted by Crippen LogP contribution is -2.48. The molecule has 1 aliphatic heterocycles. The third-order valence-electron chi connectivity index (χ3n) is 5.89. The molecule has 1 aliphatic carbocycles. The van der Waals surface area contributed by atoms with Gasteiger partial charge >= 0.3 is 6.03 Å². The zero-order valence-electron chi connectivity index (χ0n) is 16.3. The number of benzene rings is 1. The van der Waals surface area contributed by atoms with Crippen LogP contribution in [0.15, 0.2) is 30.3 Å². The lowest BCUT2D eigenvalue weighted by Gasteiger charge is -2.33. The van der Waals surface area contributed by atoms with Crippen LogP contribution in [-0.2, 0) is 11.2 Å². The van der Waals surface area contributed by atoms with E-state index in [4.69, 9.17) is 0 Å². The van der Waals surface area contributed by atoms with Gasteiger partial charge in [0.1, 0.15) is 0 Å². The van der Waals surface area contributed by atoms with Gasteiger partial charge in [-0.25, -0.2) is 4.79 Å². The fraction of sp³-hybridized carbons (Fsp3) is 0.636. The largest absolute Gasteiger partial charge is 0.356 e. The van der Waals surface area contributed by atoms with Crippen molar-refractivity contribution >= 4 is 11.9 Å². The van der Waals surface area contributed by atoms with E-state index in [1.165, 1.54) is 24.8 Å². The smallest absolute Gasteiger partial charge is 0.317 e. The van der Waals surface area contributed by atoms with E-state index in [0.717, 1.165) is 45.2 Å². The summed E-state index contributed by atoms with van der Waals surface area (Å²) < 4.78 is 0. The summed E-state index contributed by atoms with van der Waals surface area (Å²) in [4.78, 5) is 26.5. The van der Waals surface area contributed by atoms with Gasteiger partial charge < -0.3 is 15.5 Å². The molecule has 0 radical (unpaired) electrons. The van der Waals surface area contributed by atoms with Crippen LogP contribution < -0.4 is 10.6 Å². The van der Waals surface area contributed by atoms with Crippen molar-refractivity contribution in [1.29, 1.82) is 0 Å². The third kappa shape index (κ3) is 6.56. The van der Waals surface area contributed by atoms with E-state index in [-0.39, 0.29) is 11.9 Å². The molecule has 1 aromatic carbocycles. The Bertz CT molecular complexity index is 591. The summed E-state index contributed by atoms with van der Waals surface area (Å²) in [5.74, 6) is 0.525. The van der Waals surface area contributed by atoms with E-state index in [1.807, 2.05) is 23.1 Å². The van der Waals surface area contributed by atoms with E-state index in [2.05, 4.69) is 22.8 Å². The lowest BCUT2D eigenvalue weighted by atomic mass is 9.93. The summed E-state index contributed by atoms with van der Waals surface area (Å²) in [6.07, 6.45) is 9.27. The van der Waals surface area contributed by atoms with Gasteiger partial charge in [-0.1, -0.05) is 49.6 Å². The first-order chi connectivity index (χ1) is 13.2. The first-order valence-corrected chi connectivity index (χ1v) is 10.6. The molecule has 5 heteroatoms. The molecule has 2 aliphatic rings. The van der Waals surface area contributed by atoms with E-state index in [0.29, 0.717) is 24.9 Å². The molecule has 3 rings (SSSR count). The number of rotatable bonds is 6. The number of likely N-dealkylation sites (tertiary alicyclic amines) is 1. The average Bonchev–Trinajstić information content (AvgIpc) is 2.70. The summed E-state index contributed by atoms with van der Waals surface area (Å²) in [5.41, 5.74) is 1.25. The molecular formula is C22H33N3O2. The Balaban J connectivity index is 1.30. The predicted octanol–water partition coefficient (Wildman–Crippen LogP) is 3.49. The Hall–Kier alpha value is -2.04. The van der Waals surface area contributed by atoms with Gasteiger partial charge in [-0.3, -0.25) is 4.79 Å². The zero-order valence-corrected chi connectivity index (χ0v) is 16.3. The van der Waals surface area contributed by atoms with Crippen LogP contribution in [0.4, 0.5) is 4.79 Å². The van der Waals surface area contributed by atoms with Gasteiger partial charge in [0.25, 0.3) is 0 Å². The van der Waals surface area contributed by atoms with Gasteiger partial charge in [-0.2, -0.15) is 0 Å². The first kappa shape index (κ1) is 19.7. The van der Waals surface area contributed by atoms with Crippen LogP contribution in [0.5, 0.6) is 0 Å². The summed E-state index contributed by atoms with van der Waals surface area (Å²) in [5, 5.41) is 6.23. The van der Waals surface area contributed by atoms with Crippen LogP contribution in [0.2, 0.25) is 0 Å². The number of nitrogens with zero attached hydrogens (tertiary/aromatic N) is 1. The van der Waals surface area contributed by atoms with Gasteiger partial charge in [0.2, 0.25) is 5.91 Å². The second-order valence-corrected chi connectivity index (χ2v) is 8.00. The summed E-state index contributed by atoms with van der Waals surface area (Å²) in [6.45, 7) is 2.21. The van der Waals surface area contributed by atoms with Crippen LogP contribution in [0.1, 0.15) is 56.9 Å². The monoisotopic (exact) mass is 371 g/mol. The first-order valence-electron chi connectivity index (χ1n) is 10.6. The number of carbonyl (C=O) groups excluding carboxylic acids is 2. The zero-order chi connectivity index (χ0) is 18.9. The minimum absolute atomic E-state index is 0.0904. The van der Waals surface area contributed by atoms with Gasteiger partial charge in [0, 0.05) is 32.1 Å². The molecule has 1 heterocycles. The van der Waals surface area contributed by atoms with Crippen molar-refractivity contribution in [2.45, 2.75) is 63.8 Å². The van der Waals surface area contributed by atoms with Crippen molar-refractivity contribution in [3.05, 3.63) is 35.9 Å². The van der Waals surface area contributed by atoms with Gasteiger partial charge in [0.05, 0.1) is 0 Å². The quantitative estimate of drug-likeness (QED) is 0.804. The van der Waals surface area contributed by atoms with Crippen molar-refractivity contribution < 1.29 is 9.59 Å². The topological polar surface area (TPSA) is 61.4 Å². The minimum atomic E-state index is 0.0904. The highest BCUT2D eigenvalue weighted by atomic mass is 16.2. The Morgan fingerprint density at radius 2 is 1.67 bits per heavy atom. The maximum Gasteiger partial charge on any atom is 0.317 e. The molecule has 0 bridgehead atoms. The van der Waals surface area contributed by atoms with E-state index in [9.17, 15) is 9.59 Å². The molecule has 1 aromatic rings. The second-order valence-electron chi connectivity index (χ2n) is 8.00. The van der Waals surface area contributed by atoms with Gasteiger partial charge in [0.15, 0.2) is 0 Å². The van der Waals surface area contributed by atoms with E-state index < -0.39 is 0 Å². The predicted molar refractivity (Wildman–Crippen MR) is 107 cm³/mol. The molecule has 3 amide bonds. The van der Waals surface area contributed by atoms with Crippen LogP contribution in [0.25, 0.3) is 0 Å². The van der Waals surface area contributed by atoms with Crippen LogP contribution >= 0.6 is 0 Å². The normalized spacial score (nSPS) is 18.9. The Morgan fingerprint density at radius 3 is 2.37 bits per heavy atom. The highest BCUT2D eigenvalue weighted by molar-refractivity contribution is 5.76. The number of hydrogen-bond acceptors (Lipinski definition) is 2. The molecule has 5 nitrogen and oxygen atoms in total. The van der Waals surface area contributed by atoms with Crippen molar-refractivity contribution in [3.8, 4) is 0 Å². The van der Waals surface area contributed by atoms with Crippen molar-refractivity contribution in [2.75, 3.05) is 19.6 Å². The second kappa shape index (κ2) is 10.3. The van der Waals surface area contributed by atoms with Crippen LogP contribution in [-0.4, -0.2) is 42.5 Å². The third-order valence-corrected chi connectivity index (χ3v) is 5.89. The molecule has 2 fully saturated rings. The van der Waals surface area contributed by atoms with Crippen molar-refractivity contribution in [3.63, 3.8) is 0 Å². The Kier molecular flexibility index (Phi) is 7.55. The average molecular weight is 372 g/mol. The number of amides is 3. The summed E-state index contributed by atoms with van der Waals surface area (Å²) in [6, 6.07) is 10.7. The minimum Gasteiger partial charge on any atom is -0.356 e. The Labute approximate surface area is 162 Å². The van der Waals surface area contributed by atoms with Crippen molar-refractivity contribution in [2.24, 2.45) is 5.92 Å². The van der Waals surface area contributed by atoms with Gasteiger partial charge in [-0.15, -0.1) is 0 Å². The standard InChI is InChI=1S/C22H33N3O2/c26-21(23-14-11-18-7-3-1-4-8-18)17-19-12-15-25(16-13-19)22(27)24-20-9-5-2-6-10-20/h1,3-4,7-8,19-20H,2,5-6,9-17H2,(H,23,26)(H,24,27). The molecule has 1 saturated carbocycles. The fourth-order valence-electron chi connectivity index (χ4n) is 4.18. The molecule has 0 atom stereocenters.